The Bertz CT molecular complexity index is 3220. The van der Waals surface area contributed by atoms with E-state index in [1.165, 1.54) is 145 Å². The topological polar surface area (TPSA) is 6.48 Å². The molecule has 0 saturated carbocycles. The van der Waals surface area contributed by atoms with Gasteiger partial charge in [-0.05, 0) is 215 Å². The number of hydrogen-bond donors (Lipinski definition) is 0. The zero-order valence-electron chi connectivity index (χ0n) is 45.1. The van der Waals surface area contributed by atoms with Crippen molar-refractivity contribution in [3.63, 3.8) is 0 Å². The van der Waals surface area contributed by atoms with E-state index in [9.17, 15) is 0 Å². The molecule has 4 aliphatic carbocycles. The van der Waals surface area contributed by atoms with E-state index in [0.717, 1.165) is 6.42 Å². The molecular formula is C66H77BN2. The first-order valence-corrected chi connectivity index (χ1v) is 26.7. The predicted octanol–water partition coefficient (Wildman–Crippen LogP) is 16.0. The first kappa shape index (κ1) is 45.1. The van der Waals surface area contributed by atoms with E-state index in [1.54, 1.807) is 11.1 Å². The SMILES string of the molecule is Cc1ccccc1N1c2cc3c(cc2B2c4cc5c(cc4N(c4ccc6c(c4)C(C)(C)CCC6(C)C)c4cc(C(C)(C)C)cc1c42)C(C)(C)CCC5(C)C)-c1cc2c(cc1C3)C(C)(C)CCC2(C)C. The normalized spacial score (nSPS) is 21.0. The summed E-state index contributed by atoms with van der Waals surface area (Å²) >= 11 is 0. The van der Waals surface area contributed by atoms with Gasteiger partial charge < -0.3 is 9.80 Å². The second-order valence-corrected chi connectivity index (χ2v) is 27.9. The zero-order valence-corrected chi connectivity index (χ0v) is 45.1. The van der Waals surface area contributed by atoms with Gasteiger partial charge in [0, 0.05) is 34.1 Å². The van der Waals surface area contributed by atoms with Crippen molar-refractivity contribution < 1.29 is 0 Å². The van der Waals surface area contributed by atoms with Crippen LogP contribution in [0, 0.1) is 6.92 Å². The highest BCUT2D eigenvalue weighted by Crippen LogP contribution is 2.55. The quantitative estimate of drug-likeness (QED) is 0.160. The van der Waals surface area contributed by atoms with Crippen LogP contribution in [-0.4, -0.2) is 6.71 Å². The number of anilines is 6. The Kier molecular flexibility index (Phi) is 9.23. The van der Waals surface area contributed by atoms with Crippen LogP contribution in [0.15, 0.2) is 91.0 Å². The predicted molar refractivity (Wildman–Crippen MR) is 298 cm³/mol. The average Bonchev–Trinajstić information content (AvgIpc) is 3.63. The van der Waals surface area contributed by atoms with Crippen LogP contribution >= 0.6 is 0 Å². The van der Waals surface area contributed by atoms with E-state index >= 15 is 0 Å². The van der Waals surface area contributed by atoms with E-state index in [1.807, 2.05) is 0 Å². The molecule has 2 nitrogen and oxygen atoms in total. The number of benzene rings is 6. The number of para-hydroxylation sites is 1. The van der Waals surface area contributed by atoms with Crippen molar-refractivity contribution in [2.24, 2.45) is 0 Å². The molecule has 2 aliphatic heterocycles. The average molecular weight is 909 g/mol. The lowest BCUT2D eigenvalue weighted by atomic mass is 9.33. The molecule has 2 heterocycles. The summed E-state index contributed by atoms with van der Waals surface area (Å²) in [7, 11) is 0. The highest BCUT2D eigenvalue weighted by atomic mass is 15.2. The van der Waals surface area contributed by atoms with Crippen LogP contribution < -0.4 is 26.2 Å². The van der Waals surface area contributed by atoms with E-state index in [-0.39, 0.29) is 44.6 Å². The van der Waals surface area contributed by atoms with E-state index in [2.05, 4.69) is 212 Å². The van der Waals surface area contributed by atoms with Crippen LogP contribution in [0.3, 0.4) is 0 Å². The highest BCUT2D eigenvalue weighted by molar-refractivity contribution is 7.00. The third-order valence-electron chi connectivity index (χ3n) is 19.3. The third-order valence-corrected chi connectivity index (χ3v) is 19.3. The minimum absolute atomic E-state index is 0.0482. The summed E-state index contributed by atoms with van der Waals surface area (Å²) in [5.41, 5.74) is 30.5. The smallest absolute Gasteiger partial charge is 0.252 e. The molecule has 3 heteroatoms. The molecule has 0 atom stereocenters. The van der Waals surface area contributed by atoms with Crippen molar-refractivity contribution in [2.45, 2.75) is 194 Å². The second-order valence-electron chi connectivity index (χ2n) is 27.9. The molecule has 0 N–H and O–H groups in total. The molecule has 354 valence electrons. The molecule has 12 rings (SSSR count). The summed E-state index contributed by atoms with van der Waals surface area (Å²) in [5.74, 6) is 0. The van der Waals surface area contributed by atoms with E-state index in [4.69, 9.17) is 0 Å². The molecule has 6 aromatic rings. The van der Waals surface area contributed by atoms with Gasteiger partial charge in [-0.1, -0.05) is 152 Å². The van der Waals surface area contributed by atoms with Crippen LogP contribution in [0.5, 0.6) is 0 Å². The molecule has 6 aliphatic rings. The minimum atomic E-state index is -0.0887. The number of aryl methyl sites for hydroxylation is 1. The third kappa shape index (κ3) is 6.49. The molecule has 0 bridgehead atoms. The number of nitrogens with zero attached hydrogens (tertiary/aromatic N) is 2. The van der Waals surface area contributed by atoms with Crippen LogP contribution in [0.2, 0.25) is 0 Å². The maximum atomic E-state index is 2.75. The van der Waals surface area contributed by atoms with Gasteiger partial charge in [-0.15, -0.1) is 0 Å². The van der Waals surface area contributed by atoms with Crippen molar-refractivity contribution in [1.82, 2.24) is 0 Å². The van der Waals surface area contributed by atoms with E-state index in [0.29, 0.717) is 0 Å². The van der Waals surface area contributed by atoms with Crippen molar-refractivity contribution in [3.8, 4) is 11.1 Å². The largest absolute Gasteiger partial charge is 0.311 e. The van der Waals surface area contributed by atoms with Crippen LogP contribution in [-0.2, 0) is 44.3 Å². The summed E-state index contributed by atoms with van der Waals surface area (Å²) in [6.45, 7) is 39.4. The molecular weight excluding hydrogens is 832 g/mol. The molecule has 0 unspecified atom stereocenters. The Morgan fingerprint density at radius 3 is 1.48 bits per heavy atom. The number of fused-ring (bicyclic) bond motifs is 10. The minimum Gasteiger partial charge on any atom is -0.311 e. The number of rotatable bonds is 2. The van der Waals surface area contributed by atoms with Crippen LogP contribution in [0.25, 0.3) is 11.1 Å². The standard InChI is InChI=1S/C66H77BN2/c1-39-19-17-18-20-54(39)69-55-31-41-29-40-30-47-49(64(11,12)26-25-62(47,7)8)35-44(40)45(41)36-52(55)67-53-37-50-51(66(15,16)28-27-65(50,13)14)38-56(53)68(57-32-42(60(2,3)4)33-58(69)59(57)67)43-21-22-46-48(34-43)63(9,10)24-23-61(46,5)6/h17-22,30-38H,23-29H2,1-16H3. The van der Waals surface area contributed by atoms with E-state index < -0.39 is 0 Å². The van der Waals surface area contributed by atoms with Gasteiger partial charge in [-0.3, -0.25) is 0 Å². The number of hydrogen-bond acceptors (Lipinski definition) is 2. The highest BCUT2D eigenvalue weighted by Gasteiger charge is 2.49. The van der Waals surface area contributed by atoms with Gasteiger partial charge in [0.2, 0.25) is 0 Å². The molecule has 0 amide bonds. The van der Waals surface area contributed by atoms with Crippen LogP contribution in [0.4, 0.5) is 34.1 Å². The second kappa shape index (κ2) is 14.1. The Morgan fingerprint density at radius 2 is 0.884 bits per heavy atom. The van der Waals surface area contributed by atoms with Crippen molar-refractivity contribution >= 4 is 57.2 Å². The fraction of sp³-hybridized carbons (Fsp3) is 0.455. The Hall–Kier alpha value is -5.02. The molecule has 69 heavy (non-hydrogen) atoms. The molecule has 0 fully saturated rings. The Balaban J connectivity index is 1.21. The van der Waals surface area contributed by atoms with Gasteiger partial charge in [0.05, 0.1) is 0 Å². The molecule has 0 spiro atoms. The van der Waals surface area contributed by atoms with Gasteiger partial charge in [-0.2, -0.15) is 0 Å². The molecule has 0 aromatic heterocycles. The van der Waals surface area contributed by atoms with Crippen LogP contribution in [0.1, 0.15) is 198 Å². The molecule has 0 saturated heterocycles. The van der Waals surface area contributed by atoms with Crippen molar-refractivity contribution in [3.05, 3.63) is 147 Å². The van der Waals surface area contributed by atoms with Gasteiger partial charge in [0.25, 0.3) is 6.71 Å². The lowest BCUT2D eigenvalue weighted by Gasteiger charge is -2.48. The van der Waals surface area contributed by atoms with Gasteiger partial charge in [-0.25, -0.2) is 0 Å². The van der Waals surface area contributed by atoms with Crippen molar-refractivity contribution in [1.29, 1.82) is 0 Å². The molecule has 6 aromatic carbocycles. The zero-order chi connectivity index (χ0) is 48.9. The van der Waals surface area contributed by atoms with Crippen molar-refractivity contribution in [2.75, 3.05) is 9.80 Å². The maximum Gasteiger partial charge on any atom is 0.252 e. The Labute approximate surface area is 416 Å². The summed E-state index contributed by atoms with van der Waals surface area (Å²) in [5, 5.41) is 0. The first-order chi connectivity index (χ1) is 32.2. The van der Waals surface area contributed by atoms with Gasteiger partial charge in [0.1, 0.15) is 0 Å². The maximum absolute atomic E-state index is 2.75. The summed E-state index contributed by atoms with van der Waals surface area (Å²) < 4.78 is 0. The summed E-state index contributed by atoms with van der Waals surface area (Å²) in [6.07, 6.45) is 8.19. The fourth-order valence-electron chi connectivity index (χ4n) is 14.3. The summed E-state index contributed by atoms with van der Waals surface area (Å²) in [6, 6.07) is 38.0. The molecule has 0 radical (unpaired) electrons. The fourth-order valence-corrected chi connectivity index (χ4v) is 14.3. The summed E-state index contributed by atoms with van der Waals surface area (Å²) in [4.78, 5) is 5.44. The lowest BCUT2D eigenvalue weighted by molar-refractivity contribution is 0.332. The van der Waals surface area contributed by atoms with Gasteiger partial charge >= 0.3 is 0 Å². The lowest BCUT2D eigenvalue weighted by Crippen LogP contribution is -2.62. The first-order valence-electron chi connectivity index (χ1n) is 26.7. The Morgan fingerprint density at radius 1 is 0.420 bits per heavy atom. The monoisotopic (exact) mass is 909 g/mol. The van der Waals surface area contributed by atoms with Gasteiger partial charge in [0.15, 0.2) is 0 Å².